The maximum Gasteiger partial charge on any atom is 0.162 e. The molecule has 1 atom stereocenters. The van der Waals surface area contributed by atoms with Gasteiger partial charge in [-0.3, -0.25) is 0 Å². The van der Waals surface area contributed by atoms with Crippen molar-refractivity contribution in [3.63, 3.8) is 0 Å². The zero-order chi connectivity index (χ0) is 15.4. The van der Waals surface area contributed by atoms with Gasteiger partial charge in [-0.15, -0.1) is 0 Å². The number of hydrogen-bond donors (Lipinski definition) is 1. The van der Waals surface area contributed by atoms with Gasteiger partial charge < -0.3 is 10.5 Å². The Morgan fingerprint density at radius 2 is 1.76 bits per heavy atom. The van der Waals surface area contributed by atoms with Gasteiger partial charge >= 0.3 is 0 Å². The lowest BCUT2D eigenvalue weighted by Gasteiger charge is -2.12. The van der Waals surface area contributed by atoms with Crippen LogP contribution >= 0.6 is 11.6 Å². The highest BCUT2D eigenvalue weighted by molar-refractivity contribution is 6.31. The Bertz CT molecular complexity index is 634. The van der Waals surface area contributed by atoms with E-state index in [1.165, 1.54) is 6.07 Å². The van der Waals surface area contributed by atoms with Crippen LogP contribution in [0, 0.1) is 11.6 Å². The molecule has 0 saturated heterocycles. The summed E-state index contributed by atoms with van der Waals surface area (Å²) in [6.07, 6.45) is 1.55. The maximum atomic E-state index is 13.1. The summed E-state index contributed by atoms with van der Waals surface area (Å²) >= 11 is 6.18. The molecule has 2 N–H and O–H groups in total. The number of ether oxygens (including phenoxy) is 1. The average molecular weight is 312 g/mol. The molecule has 0 heterocycles. The molecular weight excluding hydrogens is 296 g/mol. The first-order valence-corrected chi connectivity index (χ1v) is 7.04. The molecule has 0 aliphatic rings. The highest BCUT2D eigenvalue weighted by Gasteiger charge is 2.09. The molecule has 0 bridgehead atoms. The van der Waals surface area contributed by atoms with Gasteiger partial charge in [-0.1, -0.05) is 24.6 Å². The molecule has 2 nitrogen and oxygen atoms in total. The van der Waals surface area contributed by atoms with Gasteiger partial charge in [-0.2, -0.15) is 0 Å². The molecule has 1 unspecified atom stereocenters. The topological polar surface area (TPSA) is 35.2 Å². The summed E-state index contributed by atoms with van der Waals surface area (Å²) in [6.45, 7) is 2.01. The molecule has 112 valence electrons. The van der Waals surface area contributed by atoms with Gasteiger partial charge in [0.2, 0.25) is 0 Å². The van der Waals surface area contributed by atoms with Crippen molar-refractivity contribution in [1.82, 2.24) is 0 Å². The van der Waals surface area contributed by atoms with Gasteiger partial charge in [-0.05, 0) is 42.7 Å². The summed E-state index contributed by atoms with van der Waals surface area (Å²) in [5, 5.41) is 0.541. The first kappa shape index (κ1) is 15.7. The molecule has 0 aliphatic carbocycles. The Kier molecular flexibility index (Phi) is 5.15. The van der Waals surface area contributed by atoms with Crippen molar-refractivity contribution in [1.29, 1.82) is 0 Å². The molecule has 2 rings (SSSR count). The molecule has 0 aromatic heterocycles. The summed E-state index contributed by atoms with van der Waals surface area (Å²) in [4.78, 5) is 0. The maximum absolute atomic E-state index is 13.1. The minimum atomic E-state index is -0.955. The van der Waals surface area contributed by atoms with Crippen molar-refractivity contribution in [3.8, 4) is 11.5 Å². The van der Waals surface area contributed by atoms with Crippen molar-refractivity contribution in [2.75, 3.05) is 0 Å². The van der Waals surface area contributed by atoms with Crippen LogP contribution in [0.5, 0.6) is 11.5 Å². The Labute approximate surface area is 127 Å². The molecule has 5 heteroatoms. The third-order valence-corrected chi connectivity index (χ3v) is 3.51. The Hall–Kier alpha value is -1.65. The van der Waals surface area contributed by atoms with Crippen LogP contribution in [0.25, 0.3) is 0 Å². The molecule has 0 saturated carbocycles. The van der Waals surface area contributed by atoms with E-state index in [0.29, 0.717) is 17.2 Å². The third kappa shape index (κ3) is 4.16. The van der Waals surface area contributed by atoms with Gasteiger partial charge in [0.1, 0.15) is 11.5 Å². The summed E-state index contributed by atoms with van der Waals surface area (Å²) < 4.78 is 31.4. The van der Waals surface area contributed by atoms with E-state index in [4.69, 9.17) is 22.1 Å². The predicted molar refractivity (Wildman–Crippen MR) is 79.9 cm³/mol. The number of halogens is 3. The second-order valence-electron chi connectivity index (χ2n) is 4.80. The average Bonchev–Trinajstić information content (AvgIpc) is 2.45. The lowest BCUT2D eigenvalue weighted by molar-refractivity contribution is 0.461. The Morgan fingerprint density at radius 3 is 2.38 bits per heavy atom. The van der Waals surface area contributed by atoms with Gasteiger partial charge in [0.15, 0.2) is 11.6 Å². The monoisotopic (exact) mass is 311 g/mol. The minimum absolute atomic E-state index is 0.0560. The fourth-order valence-electron chi connectivity index (χ4n) is 1.86. The van der Waals surface area contributed by atoms with Crippen LogP contribution in [0.15, 0.2) is 36.4 Å². The lowest BCUT2D eigenvalue weighted by atomic mass is 10.0. The first-order valence-electron chi connectivity index (χ1n) is 6.66. The van der Waals surface area contributed by atoms with Gasteiger partial charge in [-0.25, -0.2) is 8.78 Å². The Balaban J connectivity index is 2.14. The van der Waals surface area contributed by atoms with E-state index < -0.39 is 11.6 Å². The van der Waals surface area contributed by atoms with Crippen LogP contribution in [0.4, 0.5) is 8.78 Å². The van der Waals surface area contributed by atoms with Gasteiger partial charge in [0.25, 0.3) is 0 Å². The smallest absolute Gasteiger partial charge is 0.162 e. The van der Waals surface area contributed by atoms with E-state index in [1.807, 2.05) is 13.0 Å². The lowest BCUT2D eigenvalue weighted by Crippen LogP contribution is -2.21. The number of hydrogen-bond acceptors (Lipinski definition) is 2. The number of benzene rings is 2. The van der Waals surface area contributed by atoms with E-state index >= 15 is 0 Å². The van der Waals surface area contributed by atoms with Crippen LogP contribution in [0.3, 0.4) is 0 Å². The standard InChI is InChI=1S/C16H16ClF2NO/c1-2-11(20)7-10-3-4-12(8-14(10)17)21-13-5-6-15(18)16(19)9-13/h3-6,8-9,11H,2,7,20H2,1H3. The second kappa shape index (κ2) is 6.87. The molecule has 2 aromatic carbocycles. The van der Waals surface area contributed by atoms with Gasteiger partial charge in [0.05, 0.1) is 0 Å². The number of rotatable bonds is 5. The van der Waals surface area contributed by atoms with Crippen LogP contribution in [0.2, 0.25) is 5.02 Å². The quantitative estimate of drug-likeness (QED) is 0.869. The zero-order valence-electron chi connectivity index (χ0n) is 11.6. The molecule has 2 aromatic rings. The van der Waals surface area contributed by atoms with Crippen molar-refractivity contribution < 1.29 is 13.5 Å². The molecule has 0 amide bonds. The highest BCUT2D eigenvalue weighted by atomic mass is 35.5. The molecule has 0 spiro atoms. The van der Waals surface area contributed by atoms with Gasteiger partial charge in [0, 0.05) is 17.1 Å². The summed E-state index contributed by atoms with van der Waals surface area (Å²) in [7, 11) is 0. The largest absolute Gasteiger partial charge is 0.457 e. The fourth-order valence-corrected chi connectivity index (χ4v) is 2.11. The minimum Gasteiger partial charge on any atom is -0.457 e. The van der Waals surface area contributed by atoms with E-state index in [2.05, 4.69) is 0 Å². The summed E-state index contributed by atoms with van der Waals surface area (Å²) in [6, 6.07) is 8.61. The summed E-state index contributed by atoms with van der Waals surface area (Å²) in [5.41, 5.74) is 6.83. The zero-order valence-corrected chi connectivity index (χ0v) is 12.3. The predicted octanol–water partition coefficient (Wildman–Crippen LogP) is 4.69. The molecule has 0 radical (unpaired) electrons. The fraction of sp³-hybridized carbons (Fsp3) is 0.250. The normalized spacial score (nSPS) is 12.2. The first-order chi connectivity index (χ1) is 9.99. The van der Waals surface area contributed by atoms with Crippen LogP contribution in [-0.2, 0) is 6.42 Å². The molecule has 21 heavy (non-hydrogen) atoms. The summed E-state index contributed by atoms with van der Waals surface area (Å²) in [5.74, 6) is -1.20. The Morgan fingerprint density at radius 1 is 1.10 bits per heavy atom. The van der Waals surface area contributed by atoms with Crippen molar-refractivity contribution in [3.05, 3.63) is 58.6 Å². The van der Waals surface area contributed by atoms with E-state index in [0.717, 1.165) is 24.1 Å². The van der Waals surface area contributed by atoms with E-state index in [9.17, 15) is 8.78 Å². The number of nitrogens with two attached hydrogens (primary N) is 1. The third-order valence-electron chi connectivity index (χ3n) is 3.16. The molecule has 0 aliphatic heterocycles. The van der Waals surface area contributed by atoms with Crippen LogP contribution < -0.4 is 10.5 Å². The van der Waals surface area contributed by atoms with Crippen molar-refractivity contribution in [2.45, 2.75) is 25.8 Å². The van der Waals surface area contributed by atoms with E-state index in [-0.39, 0.29) is 11.8 Å². The highest BCUT2D eigenvalue weighted by Crippen LogP contribution is 2.28. The molecule has 0 fully saturated rings. The van der Waals surface area contributed by atoms with E-state index in [1.54, 1.807) is 12.1 Å². The van der Waals surface area contributed by atoms with Crippen LogP contribution in [-0.4, -0.2) is 6.04 Å². The van der Waals surface area contributed by atoms with Crippen molar-refractivity contribution >= 4 is 11.6 Å². The second-order valence-corrected chi connectivity index (χ2v) is 5.21. The van der Waals surface area contributed by atoms with Crippen molar-refractivity contribution in [2.24, 2.45) is 5.73 Å². The molecular formula is C16H16ClF2NO. The SMILES string of the molecule is CCC(N)Cc1ccc(Oc2ccc(F)c(F)c2)cc1Cl. The van der Waals surface area contributed by atoms with Crippen LogP contribution in [0.1, 0.15) is 18.9 Å².